The summed E-state index contributed by atoms with van der Waals surface area (Å²) in [6.07, 6.45) is 4.37. The lowest BCUT2D eigenvalue weighted by Crippen LogP contribution is -2.47. The molecule has 4 nitrogen and oxygen atoms in total. The van der Waals surface area contributed by atoms with Gasteiger partial charge in [0, 0.05) is 25.1 Å². The number of amides is 1. The van der Waals surface area contributed by atoms with Gasteiger partial charge in [-0.15, -0.1) is 0 Å². The third-order valence-electron chi connectivity index (χ3n) is 4.91. The van der Waals surface area contributed by atoms with Gasteiger partial charge in [-0.1, -0.05) is 24.3 Å². The van der Waals surface area contributed by atoms with Gasteiger partial charge in [0.1, 0.15) is 0 Å². The topological polar surface area (TPSA) is 64.3 Å². The van der Waals surface area contributed by atoms with Crippen molar-refractivity contribution in [3.8, 4) is 0 Å². The predicted molar refractivity (Wildman–Crippen MR) is 81.9 cm³/mol. The van der Waals surface area contributed by atoms with Gasteiger partial charge in [0.2, 0.25) is 5.91 Å². The maximum atomic E-state index is 12.5. The first kappa shape index (κ1) is 14.5. The van der Waals surface area contributed by atoms with Crippen molar-refractivity contribution in [1.29, 1.82) is 0 Å². The van der Waals surface area contributed by atoms with Gasteiger partial charge in [0.05, 0.1) is 6.10 Å². The molecule has 1 amide bonds. The van der Waals surface area contributed by atoms with Crippen molar-refractivity contribution >= 4 is 5.91 Å². The second-order valence-electron chi connectivity index (χ2n) is 6.33. The number of hydrogen-bond acceptors (Lipinski definition) is 3. The molecule has 3 rings (SSSR count). The molecule has 0 spiro atoms. The molecule has 3 atom stereocenters. The summed E-state index contributed by atoms with van der Waals surface area (Å²) in [4.78, 5) is 12.5. The minimum Gasteiger partial charge on any atom is -0.380 e. The summed E-state index contributed by atoms with van der Waals surface area (Å²) in [7, 11) is 1.68. The van der Waals surface area contributed by atoms with Crippen LogP contribution >= 0.6 is 0 Å². The van der Waals surface area contributed by atoms with Crippen LogP contribution in [0.3, 0.4) is 0 Å². The van der Waals surface area contributed by atoms with E-state index in [4.69, 9.17) is 10.5 Å². The number of rotatable bonds is 3. The highest BCUT2D eigenvalue weighted by molar-refractivity contribution is 5.79. The fourth-order valence-electron chi connectivity index (χ4n) is 3.64. The molecule has 1 saturated carbocycles. The molecule has 2 aliphatic carbocycles. The number of hydrogen-bond donors (Lipinski definition) is 2. The van der Waals surface area contributed by atoms with Gasteiger partial charge >= 0.3 is 0 Å². The zero-order valence-corrected chi connectivity index (χ0v) is 12.5. The summed E-state index contributed by atoms with van der Waals surface area (Å²) in [5, 5.41) is 3.22. The number of carbonyl (C=O) groups excluding carboxylic acids is 1. The van der Waals surface area contributed by atoms with Crippen LogP contribution in [0.2, 0.25) is 0 Å². The number of carbonyl (C=O) groups is 1. The van der Waals surface area contributed by atoms with E-state index in [9.17, 15) is 4.79 Å². The van der Waals surface area contributed by atoms with Crippen molar-refractivity contribution in [2.45, 2.75) is 50.3 Å². The minimum atomic E-state index is 0.00951. The van der Waals surface area contributed by atoms with Crippen LogP contribution in [0.15, 0.2) is 24.3 Å². The SMILES string of the molecule is CO[C@H]1C[C@@H](C(=O)NC2Cc3ccccc3C2)CC[C@@H]1N. The molecule has 0 saturated heterocycles. The molecule has 0 aromatic heterocycles. The van der Waals surface area contributed by atoms with Crippen molar-refractivity contribution in [3.05, 3.63) is 35.4 Å². The molecule has 0 aliphatic heterocycles. The maximum absolute atomic E-state index is 12.5. The molecule has 1 aromatic rings. The molecule has 2 aliphatic rings. The molecular weight excluding hydrogens is 264 g/mol. The van der Waals surface area contributed by atoms with Crippen LogP contribution in [0.1, 0.15) is 30.4 Å². The van der Waals surface area contributed by atoms with Gasteiger partial charge in [0.15, 0.2) is 0 Å². The van der Waals surface area contributed by atoms with Crippen LogP contribution < -0.4 is 11.1 Å². The lowest BCUT2D eigenvalue weighted by atomic mass is 9.83. The summed E-state index contributed by atoms with van der Waals surface area (Å²) >= 11 is 0. The second kappa shape index (κ2) is 6.16. The standard InChI is InChI=1S/C17H24N2O2/c1-21-16-10-13(6-7-15(16)18)17(20)19-14-8-11-4-2-3-5-12(11)9-14/h2-5,13-16H,6-10,18H2,1H3,(H,19,20)/t13-,15-,16-/m0/s1. The average Bonchev–Trinajstić information content (AvgIpc) is 2.89. The molecule has 0 heterocycles. The Hall–Kier alpha value is -1.39. The van der Waals surface area contributed by atoms with Crippen molar-refractivity contribution in [2.24, 2.45) is 11.7 Å². The number of methoxy groups -OCH3 is 1. The molecule has 4 heteroatoms. The van der Waals surface area contributed by atoms with Crippen molar-refractivity contribution in [3.63, 3.8) is 0 Å². The van der Waals surface area contributed by atoms with E-state index in [0.717, 1.165) is 32.1 Å². The Labute approximate surface area is 126 Å². The Balaban J connectivity index is 1.56. The number of fused-ring (bicyclic) bond motifs is 1. The molecule has 21 heavy (non-hydrogen) atoms. The Morgan fingerprint density at radius 3 is 2.52 bits per heavy atom. The molecule has 114 valence electrons. The van der Waals surface area contributed by atoms with Gasteiger partial charge in [0.25, 0.3) is 0 Å². The van der Waals surface area contributed by atoms with Gasteiger partial charge in [-0.3, -0.25) is 4.79 Å². The van der Waals surface area contributed by atoms with Crippen LogP contribution in [0.4, 0.5) is 0 Å². The first-order valence-corrected chi connectivity index (χ1v) is 7.83. The first-order chi connectivity index (χ1) is 10.2. The van der Waals surface area contributed by atoms with Gasteiger partial charge in [-0.2, -0.15) is 0 Å². The Bertz CT molecular complexity index is 492. The fraction of sp³-hybridized carbons (Fsp3) is 0.588. The van der Waals surface area contributed by atoms with Crippen LogP contribution in [-0.2, 0) is 22.4 Å². The predicted octanol–water partition coefficient (Wildman–Crippen LogP) is 1.41. The van der Waals surface area contributed by atoms with E-state index in [0.29, 0.717) is 0 Å². The molecule has 0 radical (unpaired) electrons. The Morgan fingerprint density at radius 2 is 1.90 bits per heavy atom. The summed E-state index contributed by atoms with van der Waals surface area (Å²) in [5.41, 5.74) is 8.74. The average molecular weight is 288 g/mol. The summed E-state index contributed by atoms with van der Waals surface area (Å²) < 4.78 is 5.40. The molecular formula is C17H24N2O2. The van der Waals surface area contributed by atoms with Crippen molar-refractivity contribution in [2.75, 3.05) is 7.11 Å². The lowest BCUT2D eigenvalue weighted by molar-refractivity contribution is -0.128. The van der Waals surface area contributed by atoms with E-state index < -0.39 is 0 Å². The highest BCUT2D eigenvalue weighted by Gasteiger charge is 2.33. The number of nitrogens with two attached hydrogens (primary N) is 1. The highest BCUT2D eigenvalue weighted by Crippen LogP contribution is 2.27. The van der Waals surface area contributed by atoms with Crippen LogP contribution in [0, 0.1) is 5.92 Å². The first-order valence-electron chi connectivity index (χ1n) is 7.83. The minimum absolute atomic E-state index is 0.00951. The quantitative estimate of drug-likeness (QED) is 0.884. The largest absolute Gasteiger partial charge is 0.380 e. The zero-order chi connectivity index (χ0) is 14.8. The number of nitrogens with one attached hydrogen (secondary N) is 1. The van der Waals surface area contributed by atoms with Crippen LogP contribution in [0.5, 0.6) is 0 Å². The van der Waals surface area contributed by atoms with Gasteiger partial charge in [-0.25, -0.2) is 0 Å². The Kier molecular flexibility index (Phi) is 4.27. The third-order valence-corrected chi connectivity index (χ3v) is 4.91. The van der Waals surface area contributed by atoms with E-state index in [1.54, 1.807) is 7.11 Å². The van der Waals surface area contributed by atoms with E-state index in [1.165, 1.54) is 11.1 Å². The number of ether oxygens (including phenoxy) is 1. The summed E-state index contributed by atoms with van der Waals surface area (Å²) in [6, 6.07) is 8.74. The third kappa shape index (κ3) is 3.11. The lowest BCUT2D eigenvalue weighted by Gasteiger charge is -2.32. The van der Waals surface area contributed by atoms with E-state index in [1.807, 2.05) is 0 Å². The van der Waals surface area contributed by atoms with Crippen molar-refractivity contribution < 1.29 is 9.53 Å². The monoisotopic (exact) mass is 288 g/mol. The summed E-state index contributed by atoms with van der Waals surface area (Å²) in [5.74, 6) is 0.209. The number of benzene rings is 1. The van der Waals surface area contributed by atoms with E-state index in [2.05, 4.69) is 29.6 Å². The second-order valence-corrected chi connectivity index (χ2v) is 6.33. The van der Waals surface area contributed by atoms with E-state index >= 15 is 0 Å². The van der Waals surface area contributed by atoms with Crippen LogP contribution in [-0.4, -0.2) is 31.2 Å². The molecule has 0 bridgehead atoms. The van der Waals surface area contributed by atoms with Gasteiger partial charge < -0.3 is 15.8 Å². The molecule has 1 fully saturated rings. The molecule has 1 aromatic carbocycles. The molecule has 3 N–H and O–H groups in total. The normalized spacial score (nSPS) is 29.1. The van der Waals surface area contributed by atoms with E-state index in [-0.39, 0.29) is 30.0 Å². The maximum Gasteiger partial charge on any atom is 0.223 e. The zero-order valence-electron chi connectivity index (χ0n) is 12.5. The molecule has 0 unspecified atom stereocenters. The smallest absolute Gasteiger partial charge is 0.223 e. The van der Waals surface area contributed by atoms with Crippen LogP contribution in [0.25, 0.3) is 0 Å². The summed E-state index contributed by atoms with van der Waals surface area (Å²) in [6.45, 7) is 0. The highest BCUT2D eigenvalue weighted by atomic mass is 16.5. The van der Waals surface area contributed by atoms with Crippen molar-refractivity contribution in [1.82, 2.24) is 5.32 Å². The fourth-order valence-corrected chi connectivity index (χ4v) is 3.64. The van der Waals surface area contributed by atoms with Gasteiger partial charge in [-0.05, 0) is 43.2 Å². The Morgan fingerprint density at radius 1 is 1.24 bits per heavy atom.